The number of aliphatic hydroxyl groups is 2. The average molecular weight is 504 g/mol. The maximum atomic E-state index is 8.90. The van der Waals surface area contributed by atoms with Crippen LogP contribution in [0, 0.1) is 0 Å². The van der Waals surface area contributed by atoms with Gasteiger partial charge in [-0.1, -0.05) is 126 Å². The molecule has 2 aromatic rings. The minimum Gasteiger partial charge on any atom is -0.394 e. The largest absolute Gasteiger partial charge is 0.394 e. The molecule has 0 bridgehead atoms. The lowest BCUT2D eigenvalue weighted by atomic mass is 10.1. The zero-order valence-corrected chi connectivity index (χ0v) is 22.3. The van der Waals surface area contributed by atoms with Gasteiger partial charge in [-0.3, -0.25) is 10.3 Å². The molecule has 6 heteroatoms. The molecule has 0 amide bonds. The Morgan fingerprint density at radius 3 is 1.78 bits per heavy atom. The van der Waals surface area contributed by atoms with Gasteiger partial charge in [0.25, 0.3) is 0 Å². The summed E-state index contributed by atoms with van der Waals surface area (Å²) in [7, 11) is 0. The number of para-hydroxylation sites is 1. The van der Waals surface area contributed by atoms with Crippen LogP contribution >= 0.6 is 0 Å². The Bertz CT molecular complexity index is 686. The van der Waals surface area contributed by atoms with E-state index in [2.05, 4.69) is 17.3 Å². The van der Waals surface area contributed by atoms with Crippen molar-refractivity contribution in [2.24, 2.45) is 0 Å². The molecular formula is C30H49NO5. The summed E-state index contributed by atoms with van der Waals surface area (Å²) >= 11 is 0. The van der Waals surface area contributed by atoms with Gasteiger partial charge in [0, 0.05) is 0 Å². The minimum atomic E-state index is -0.884. The first-order chi connectivity index (χ1) is 17.8. The predicted octanol–water partition coefficient (Wildman–Crippen LogP) is 7.22. The van der Waals surface area contributed by atoms with E-state index in [0.29, 0.717) is 6.61 Å². The number of unbranched alkanes of at least 4 members (excludes halogenated alkanes) is 11. The molecule has 1 atom stereocenters. The number of hydrogen-bond donors (Lipinski definition) is 3. The average Bonchev–Trinajstić information content (AvgIpc) is 2.92. The maximum Gasteiger partial charge on any atom is 0.110 e. The molecule has 0 radical (unpaired) electrons. The summed E-state index contributed by atoms with van der Waals surface area (Å²) in [5.41, 5.74) is 5.01. The van der Waals surface area contributed by atoms with E-state index in [9.17, 15) is 0 Å². The second-order valence-corrected chi connectivity index (χ2v) is 9.07. The fraction of sp³-hybridized carbons (Fsp3) is 0.600. The van der Waals surface area contributed by atoms with Crippen LogP contribution in [0.4, 0.5) is 5.69 Å². The topological polar surface area (TPSA) is 80.2 Å². The van der Waals surface area contributed by atoms with Crippen molar-refractivity contribution >= 4 is 5.69 Å². The smallest absolute Gasteiger partial charge is 0.110 e. The lowest BCUT2D eigenvalue weighted by molar-refractivity contribution is -0.315. The molecule has 6 nitrogen and oxygen atoms in total. The number of rotatable bonds is 21. The monoisotopic (exact) mass is 503 g/mol. The van der Waals surface area contributed by atoms with Crippen LogP contribution in [0.3, 0.4) is 0 Å². The summed E-state index contributed by atoms with van der Waals surface area (Å²) in [6.45, 7) is 3.06. The molecule has 204 valence electrons. The van der Waals surface area contributed by atoms with Gasteiger partial charge in [0.15, 0.2) is 0 Å². The van der Waals surface area contributed by atoms with Gasteiger partial charge < -0.3 is 10.2 Å². The molecule has 1 unspecified atom stereocenters. The van der Waals surface area contributed by atoms with E-state index in [1.54, 1.807) is 0 Å². The Morgan fingerprint density at radius 2 is 1.22 bits per heavy atom. The Labute approximate surface area is 218 Å². The van der Waals surface area contributed by atoms with Crippen molar-refractivity contribution in [1.82, 2.24) is 0 Å². The quantitative estimate of drug-likeness (QED) is 0.0948. The standard InChI is InChI=1S/C20H35NO.C10H14O4/c1-2-3-4-5-6-7-8-9-10-11-12-16-19-22-21-20-17-14-13-15-18-20;11-6-10(12)8-14-13-7-9-4-2-1-3-5-9/h13-15,17-18,21H,2-12,16,19H2,1H3;1-5,10-12H,6-8H2. The van der Waals surface area contributed by atoms with Crippen LogP contribution in [-0.2, 0) is 21.2 Å². The van der Waals surface area contributed by atoms with Crippen LogP contribution in [0.1, 0.15) is 89.5 Å². The van der Waals surface area contributed by atoms with E-state index in [0.717, 1.165) is 24.3 Å². The second kappa shape index (κ2) is 24.7. The van der Waals surface area contributed by atoms with Crippen LogP contribution < -0.4 is 5.48 Å². The molecular weight excluding hydrogens is 454 g/mol. The Hall–Kier alpha value is -1.96. The molecule has 2 rings (SSSR count). The van der Waals surface area contributed by atoms with Crippen LogP contribution in [-0.4, -0.2) is 36.1 Å². The van der Waals surface area contributed by atoms with Crippen LogP contribution in [0.2, 0.25) is 0 Å². The molecule has 2 aromatic carbocycles. The van der Waals surface area contributed by atoms with Crippen molar-refractivity contribution < 1.29 is 24.8 Å². The van der Waals surface area contributed by atoms with E-state index in [1.807, 2.05) is 60.7 Å². The van der Waals surface area contributed by atoms with Gasteiger partial charge in [-0.25, -0.2) is 9.78 Å². The van der Waals surface area contributed by atoms with E-state index in [-0.39, 0.29) is 13.2 Å². The molecule has 0 saturated carbocycles. The highest BCUT2D eigenvalue weighted by Crippen LogP contribution is 2.12. The highest BCUT2D eigenvalue weighted by atomic mass is 17.2. The summed E-state index contributed by atoms with van der Waals surface area (Å²) in [5.74, 6) is 0. The summed E-state index contributed by atoms with van der Waals surface area (Å²) in [4.78, 5) is 15.0. The zero-order valence-electron chi connectivity index (χ0n) is 22.3. The van der Waals surface area contributed by atoms with Gasteiger partial charge in [-0.05, 0) is 24.1 Å². The van der Waals surface area contributed by atoms with Crippen LogP contribution in [0.15, 0.2) is 60.7 Å². The Balaban J connectivity index is 0.000000397. The van der Waals surface area contributed by atoms with E-state index < -0.39 is 6.10 Å². The third-order valence-corrected chi connectivity index (χ3v) is 5.69. The third-order valence-electron chi connectivity index (χ3n) is 5.69. The SMILES string of the molecule is CCCCCCCCCCCCCCONc1ccccc1.OCC(O)COOCc1ccccc1. The van der Waals surface area contributed by atoms with Crippen molar-refractivity contribution in [3.8, 4) is 0 Å². The molecule has 0 saturated heterocycles. The van der Waals surface area contributed by atoms with Gasteiger partial charge in [-0.15, -0.1) is 0 Å². The molecule has 0 aromatic heterocycles. The highest BCUT2D eigenvalue weighted by molar-refractivity contribution is 5.39. The number of benzene rings is 2. The van der Waals surface area contributed by atoms with Gasteiger partial charge in [-0.2, -0.15) is 0 Å². The normalized spacial score (nSPS) is 11.5. The van der Waals surface area contributed by atoms with Crippen molar-refractivity contribution in [3.63, 3.8) is 0 Å². The number of hydrogen-bond acceptors (Lipinski definition) is 6. The lowest BCUT2D eigenvalue weighted by Crippen LogP contribution is -2.19. The molecule has 0 aliphatic heterocycles. The van der Waals surface area contributed by atoms with E-state index >= 15 is 0 Å². The summed E-state index contributed by atoms with van der Waals surface area (Å²) in [6.07, 6.45) is 15.7. The first-order valence-corrected chi connectivity index (χ1v) is 13.8. The van der Waals surface area contributed by atoms with Gasteiger partial charge in [0.05, 0.1) is 18.9 Å². The lowest BCUT2D eigenvalue weighted by Gasteiger charge is -2.07. The summed E-state index contributed by atoms with van der Waals surface area (Å²) < 4.78 is 0. The Morgan fingerprint density at radius 1 is 0.694 bits per heavy atom. The highest BCUT2D eigenvalue weighted by Gasteiger charge is 2.01. The molecule has 0 fully saturated rings. The molecule has 0 spiro atoms. The summed E-state index contributed by atoms with van der Waals surface area (Å²) in [6, 6.07) is 19.6. The molecule has 0 heterocycles. The van der Waals surface area contributed by atoms with E-state index in [4.69, 9.17) is 19.9 Å². The van der Waals surface area contributed by atoms with Crippen molar-refractivity contribution in [2.75, 3.05) is 25.3 Å². The number of anilines is 1. The number of aliphatic hydroxyl groups excluding tert-OH is 2. The molecule has 36 heavy (non-hydrogen) atoms. The van der Waals surface area contributed by atoms with Crippen molar-refractivity contribution in [1.29, 1.82) is 0 Å². The van der Waals surface area contributed by atoms with Crippen LogP contribution in [0.25, 0.3) is 0 Å². The van der Waals surface area contributed by atoms with Crippen molar-refractivity contribution in [3.05, 3.63) is 66.2 Å². The minimum absolute atomic E-state index is 0.0245. The Kier molecular flexibility index (Phi) is 22.0. The fourth-order valence-electron chi connectivity index (χ4n) is 3.52. The maximum absolute atomic E-state index is 8.90. The summed E-state index contributed by atoms with van der Waals surface area (Å²) in [5, 5.41) is 17.4. The predicted molar refractivity (Wildman–Crippen MR) is 147 cm³/mol. The number of nitrogens with one attached hydrogen (secondary N) is 1. The zero-order chi connectivity index (χ0) is 25.9. The molecule has 0 aliphatic rings. The molecule has 3 N–H and O–H groups in total. The van der Waals surface area contributed by atoms with Crippen LogP contribution in [0.5, 0.6) is 0 Å². The third kappa shape index (κ3) is 20.3. The first-order valence-electron chi connectivity index (χ1n) is 13.8. The molecule has 0 aliphatic carbocycles. The van der Waals surface area contributed by atoms with Gasteiger partial charge in [0.1, 0.15) is 19.3 Å². The fourth-order valence-corrected chi connectivity index (χ4v) is 3.52. The van der Waals surface area contributed by atoms with E-state index in [1.165, 1.54) is 70.6 Å². The second-order valence-electron chi connectivity index (χ2n) is 9.07. The van der Waals surface area contributed by atoms with Gasteiger partial charge >= 0.3 is 0 Å². The van der Waals surface area contributed by atoms with Crippen molar-refractivity contribution in [2.45, 2.75) is 96.7 Å². The van der Waals surface area contributed by atoms with Gasteiger partial charge in [0.2, 0.25) is 0 Å². The first kappa shape index (κ1) is 32.1.